The van der Waals surface area contributed by atoms with Gasteiger partial charge >= 0.3 is 11.9 Å². The summed E-state index contributed by atoms with van der Waals surface area (Å²) in [6, 6.07) is 0. The fourth-order valence-electron chi connectivity index (χ4n) is 4.32. The van der Waals surface area contributed by atoms with E-state index in [9.17, 15) is 14.7 Å². The molecule has 0 amide bonds. The largest absolute Gasteiger partial charge is 0.458 e. The van der Waals surface area contributed by atoms with E-state index < -0.39 is 17.5 Å². The van der Waals surface area contributed by atoms with Gasteiger partial charge in [-0.1, -0.05) is 19.9 Å². The van der Waals surface area contributed by atoms with Gasteiger partial charge in [0.2, 0.25) is 0 Å². The Balaban J connectivity index is 2.02. The number of ether oxygens (including phenoxy) is 2. The molecule has 0 radical (unpaired) electrons. The van der Waals surface area contributed by atoms with Crippen LogP contribution >= 0.6 is 0 Å². The molecule has 1 saturated carbocycles. The lowest BCUT2D eigenvalue weighted by atomic mass is 9.54. The van der Waals surface area contributed by atoms with Crippen molar-refractivity contribution in [2.45, 2.75) is 59.7 Å². The minimum Gasteiger partial charge on any atom is -0.458 e. The first-order valence-electron chi connectivity index (χ1n) is 8.88. The zero-order chi connectivity index (χ0) is 18.5. The topological polar surface area (TPSA) is 72.8 Å². The predicted molar refractivity (Wildman–Crippen MR) is 92.2 cm³/mol. The molecule has 136 valence electrons. The summed E-state index contributed by atoms with van der Waals surface area (Å²) in [6.45, 7) is 9.34. The van der Waals surface area contributed by atoms with E-state index >= 15 is 0 Å². The van der Waals surface area contributed by atoms with E-state index in [1.807, 2.05) is 13.0 Å². The first-order valence-corrected chi connectivity index (χ1v) is 8.88. The van der Waals surface area contributed by atoms with Crippen LogP contribution in [0.15, 0.2) is 34.6 Å². The molecule has 0 unspecified atom stereocenters. The van der Waals surface area contributed by atoms with Gasteiger partial charge in [-0.2, -0.15) is 0 Å². The van der Waals surface area contributed by atoms with Crippen LogP contribution in [0.25, 0.3) is 0 Å². The van der Waals surface area contributed by atoms with Gasteiger partial charge in [0.05, 0.1) is 6.10 Å². The van der Waals surface area contributed by atoms with Crippen LogP contribution in [0.3, 0.4) is 0 Å². The van der Waals surface area contributed by atoms with E-state index in [0.717, 1.165) is 12.8 Å². The van der Waals surface area contributed by atoms with Crippen molar-refractivity contribution in [3.63, 3.8) is 0 Å². The first-order chi connectivity index (χ1) is 11.7. The SMILES string of the molecule is CC=C(C)C(=O)O[C@H]1CC[C@H](C)[C@@]2(C)[C@H](O)C3=C(C)C(=O)OC3=C[C@@H]12. The molecule has 0 aromatic heterocycles. The minimum absolute atomic E-state index is 0.197. The zero-order valence-corrected chi connectivity index (χ0v) is 15.5. The van der Waals surface area contributed by atoms with Crippen LogP contribution in [0.4, 0.5) is 0 Å². The molecule has 1 heterocycles. The average Bonchev–Trinajstić information content (AvgIpc) is 2.86. The van der Waals surface area contributed by atoms with E-state index in [1.54, 1.807) is 26.8 Å². The Kier molecular flexibility index (Phi) is 4.40. The van der Waals surface area contributed by atoms with Crippen molar-refractivity contribution < 1.29 is 24.2 Å². The van der Waals surface area contributed by atoms with Crippen molar-refractivity contribution in [3.8, 4) is 0 Å². The third-order valence-electron chi connectivity index (χ3n) is 6.45. The number of esters is 2. The van der Waals surface area contributed by atoms with Crippen LogP contribution in [-0.2, 0) is 19.1 Å². The fourth-order valence-corrected chi connectivity index (χ4v) is 4.32. The number of carbonyl (C=O) groups is 2. The molecule has 1 aliphatic heterocycles. The van der Waals surface area contributed by atoms with E-state index in [4.69, 9.17) is 9.47 Å². The normalized spacial score (nSPS) is 37.9. The molecule has 1 fully saturated rings. The monoisotopic (exact) mass is 346 g/mol. The predicted octanol–water partition coefficient (Wildman–Crippen LogP) is 3.05. The number of rotatable bonds is 2. The van der Waals surface area contributed by atoms with E-state index in [-0.39, 0.29) is 23.9 Å². The molecule has 0 aromatic rings. The molecule has 1 N–H and O–H groups in total. The van der Waals surface area contributed by atoms with Gasteiger partial charge in [-0.25, -0.2) is 9.59 Å². The molecule has 0 spiro atoms. The Hall–Kier alpha value is -1.88. The van der Waals surface area contributed by atoms with Crippen molar-refractivity contribution in [3.05, 3.63) is 34.6 Å². The molecule has 5 heteroatoms. The molecule has 0 saturated heterocycles. The number of hydrogen-bond donors (Lipinski definition) is 1. The Morgan fingerprint density at radius 1 is 1.44 bits per heavy atom. The van der Waals surface area contributed by atoms with Crippen LogP contribution in [0.1, 0.15) is 47.5 Å². The maximum absolute atomic E-state index is 12.2. The maximum Gasteiger partial charge on any atom is 0.339 e. The lowest BCUT2D eigenvalue weighted by Crippen LogP contribution is -2.55. The summed E-state index contributed by atoms with van der Waals surface area (Å²) >= 11 is 0. The Morgan fingerprint density at radius 2 is 2.12 bits per heavy atom. The minimum atomic E-state index is -0.816. The summed E-state index contributed by atoms with van der Waals surface area (Å²) in [6.07, 6.45) is 4.03. The summed E-state index contributed by atoms with van der Waals surface area (Å²) in [5, 5.41) is 11.1. The van der Waals surface area contributed by atoms with Crippen LogP contribution in [0, 0.1) is 17.3 Å². The van der Waals surface area contributed by atoms with Crippen molar-refractivity contribution in [2.75, 3.05) is 0 Å². The van der Waals surface area contributed by atoms with Gasteiger partial charge in [-0.05, 0) is 45.6 Å². The molecule has 25 heavy (non-hydrogen) atoms. The molecule has 2 aliphatic carbocycles. The molecule has 3 rings (SSSR count). The highest BCUT2D eigenvalue weighted by Crippen LogP contribution is 2.56. The Bertz CT molecular complexity index is 714. The smallest absolute Gasteiger partial charge is 0.339 e. The molecule has 5 atom stereocenters. The van der Waals surface area contributed by atoms with Crippen LogP contribution in [0.5, 0.6) is 0 Å². The van der Waals surface area contributed by atoms with E-state index in [1.165, 1.54) is 0 Å². The fraction of sp³-hybridized carbons (Fsp3) is 0.600. The number of fused-ring (bicyclic) bond motifs is 2. The van der Waals surface area contributed by atoms with Gasteiger partial charge in [-0.3, -0.25) is 0 Å². The van der Waals surface area contributed by atoms with Gasteiger partial charge < -0.3 is 14.6 Å². The van der Waals surface area contributed by atoms with Gasteiger partial charge in [0.25, 0.3) is 0 Å². The third-order valence-corrected chi connectivity index (χ3v) is 6.45. The quantitative estimate of drug-likeness (QED) is 0.614. The number of carbonyl (C=O) groups excluding carboxylic acids is 2. The van der Waals surface area contributed by atoms with Crippen molar-refractivity contribution in [1.82, 2.24) is 0 Å². The molecular weight excluding hydrogens is 320 g/mol. The summed E-state index contributed by atoms with van der Waals surface area (Å²) in [5.74, 6) is -0.293. The summed E-state index contributed by atoms with van der Waals surface area (Å²) in [4.78, 5) is 24.2. The second-order valence-corrected chi connectivity index (χ2v) is 7.65. The summed E-state index contributed by atoms with van der Waals surface area (Å²) < 4.78 is 11.1. The molecule has 0 bridgehead atoms. The number of aliphatic hydroxyl groups is 1. The number of hydrogen-bond acceptors (Lipinski definition) is 5. The molecular formula is C20H26O5. The third kappa shape index (κ3) is 2.56. The zero-order valence-electron chi connectivity index (χ0n) is 15.5. The summed E-state index contributed by atoms with van der Waals surface area (Å²) in [7, 11) is 0. The van der Waals surface area contributed by atoms with Crippen LogP contribution in [-0.4, -0.2) is 29.3 Å². The van der Waals surface area contributed by atoms with Crippen LogP contribution < -0.4 is 0 Å². The Morgan fingerprint density at radius 3 is 2.76 bits per heavy atom. The lowest BCUT2D eigenvalue weighted by molar-refractivity contribution is -0.160. The standard InChI is InChI=1S/C20H26O5/c1-6-10(2)18(22)24-14-8-7-11(3)20(5)13(14)9-15-16(17(20)21)12(4)19(23)25-15/h6,9,11,13-14,17,21H,7-8H2,1-5H3/t11-,13-,14-,17+,20+/m0/s1. The number of aliphatic hydroxyl groups excluding tert-OH is 1. The summed E-state index contributed by atoms with van der Waals surface area (Å²) in [5.41, 5.74) is 1.11. The van der Waals surface area contributed by atoms with Gasteiger partial charge in [0, 0.05) is 28.1 Å². The van der Waals surface area contributed by atoms with Crippen LogP contribution in [0.2, 0.25) is 0 Å². The van der Waals surface area contributed by atoms with Crippen molar-refractivity contribution in [2.24, 2.45) is 17.3 Å². The molecule has 5 nitrogen and oxygen atoms in total. The average molecular weight is 346 g/mol. The molecule has 3 aliphatic rings. The van der Waals surface area contributed by atoms with Crippen molar-refractivity contribution in [1.29, 1.82) is 0 Å². The van der Waals surface area contributed by atoms with E-state index in [0.29, 0.717) is 22.5 Å². The van der Waals surface area contributed by atoms with E-state index in [2.05, 4.69) is 6.92 Å². The van der Waals surface area contributed by atoms with Crippen molar-refractivity contribution >= 4 is 11.9 Å². The van der Waals surface area contributed by atoms with Gasteiger partial charge in [0.15, 0.2) is 0 Å². The highest BCUT2D eigenvalue weighted by atomic mass is 16.5. The second-order valence-electron chi connectivity index (χ2n) is 7.65. The highest BCUT2D eigenvalue weighted by molar-refractivity contribution is 5.94. The van der Waals surface area contributed by atoms with Gasteiger partial charge in [-0.15, -0.1) is 0 Å². The first kappa shape index (κ1) is 17.9. The van der Waals surface area contributed by atoms with Gasteiger partial charge in [0.1, 0.15) is 11.9 Å². The maximum atomic E-state index is 12.2. The molecule has 0 aromatic carbocycles. The lowest BCUT2D eigenvalue weighted by Gasteiger charge is -2.53. The Labute approximate surface area is 148 Å². The second kappa shape index (κ2) is 6.13. The number of allylic oxidation sites excluding steroid dienone is 1. The highest BCUT2D eigenvalue weighted by Gasteiger charge is 2.57.